The number of rotatable bonds is 5. The fourth-order valence-corrected chi connectivity index (χ4v) is 2.68. The van der Waals surface area contributed by atoms with Crippen molar-refractivity contribution in [2.24, 2.45) is 5.41 Å². The first kappa shape index (κ1) is 11.0. The predicted octanol–water partition coefficient (Wildman–Crippen LogP) is 3.69. The van der Waals surface area contributed by atoms with Crippen LogP contribution in [-0.2, 0) is 0 Å². The molecule has 0 saturated heterocycles. The second kappa shape index (κ2) is 4.56. The fraction of sp³-hybridized carbons (Fsp3) is 0.538. The standard InChI is InChI=1S/C13H18BrN/c1-2-15(11-13(10-14)8-9-13)12-6-4-3-5-7-12/h3-7H,2,8-11H2,1H3. The van der Waals surface area contributed by atoms with E-state index in [9.17, 15) is 0 Å². The van der Waals surface area contributed by atoms with Crippen molar-refractivity contribution in [1.82, 2.24) is 0 Å². The van der Waals surface area contributed by atoms with E-state index in [4.69, 9.17) is 0 Å². The van der Waals surface area contributed by atoms with Crippen LogP contribution in [0.2, 0.25) is 0 Å². The molecule has 1 aromatic rings. The van der Waals surface area contributed by atoms with Gasteiger partial charge in [0.25, 0.3) is 0 Å². The van der Waals surface area contributed by atoms with E-state index in [1.165, 1.54) is 25.1 Å². The Kier molecular flexibility index (Phi) is 3.35. The minimum atomic E-state index is 0.561. The molecule has 2 heteroatoms. The van der Waals surface area contributed by atoms with Gasteiger partial charge in [-0.15, -0.1) is 0 Å². The van der Waals surface area contributed by atoms with Crippen molar-refractivity contribution in [3.05, 3.63) is 30.3 Å². The fourth-order valence-electron chi connectivity index (χ4n) is 1.94. The highest BCUT2D eigenvalue weighted by Gasteiger charge is 2.42. The van der Waals surface area contributed by atoms with Gasteiger partial charge in [-0.2, -0.15) is 0 Å². The van der Waals surface area contributed by atoms with E-state index in [2.05, 4.69) is 58.1 Å². The Bertz CT molecular complexity index is 306. The molecule has 0 unspecified atom stereocenters. The van der Waals surface area contributed by atoms with Crippen LogP contribution in [0.3, 0.4) is 0 Å². The molecule has 82 valence electrons. The third kappa shape index (κ3) is 2.54. The van der Waals surface area contributed by atoms with Crippen molar-refractivity contribution in [3.63, 3.8) is 0 Å². The van der Waals surface area contributed by atoms with Gasteiger partial charge in [0.05, 0.1) is 0 Å². The minimum absolute atomic E-state index is 0.561. The summed E-state index contributed by atoms with van der Waals surface area (Å²) in [6.45, 7) is 4.52. The molecule has 0 aromatic heterocycles. The third-order valence-corrected chi connectivity index (χ3v) is 4.46. The van der Waals surface area contributed by atoms with Gasteiger partial charge in [-0.3, -0.25) is 0 Å². The second-order valence-corrected chi connectivity index (χ2v) is 5.04. The molecular weight excluding hydrogens is 250 g/mol. The summed E-state index contributed by atoms with van der Waals surface area (Å²) in [5.74, 6) is 0. The molecule has 1 fully saturated rings. The predicted molar refractivity (Wildman–Crippen MR) is 69.8 cm³/mol. The van der Waals surface area contributed by atoms with Gasteiger partial charge in [0.2, 0.25) is 0 Å². The Morgan fingerprint density at radius 3 is 2.40 bits per heavy atom. The smallest absolute Gasteiger partial charge is 0.0366 e. The summed E-state index contributed by atoms with van der Waals surface area (Å²) in [6.07, 6.45) is 2.75. The normalized spacial score (nSPS) is 17.5. The van der Waals surface area contributed by atoms with E-state index in [1.54, 1.807) is 0 Å². The number of nitrogens with zero attached hydrogens (tertiary/aromatic N) is 1. The Labute approximate surface area is 101 Å². The molecule has 0 spiro atoms. The maximum atomic E-state index is 3.64. The average molecular weight is 268 g/mol. The molecule has 1 aromatic carbocycles. The van der Waals surface area contributed by atoms with Gasteiger partial charge in [0.1, 0.15) is 0 Å². The first-order valence-corrected chi connectivity index (χ1v) is 6.78. The van der Waals surface area contributed by atoms with E-state index in [0.717, 1.165) is 11.9 Å². The number of alkyl halides is 1. The van der Waals surface area contributed by atoms with Gasteiger partial charge in [0.15, 0.2) is 0 Å². The highest BCUT2D eigenvalue weighted by Crippen LogP contribution is 2.48. The average Bonchev–Trinajstić information content (AvgIpc) is 3.08. The maximum Gasteiger partial charge on any atom is 0.0366 e. The molecule has 0 amide bonds. The molecule has 15 heavy (non-hydrogen) atoms. The Morgan fingerprint density at radius 2 is 1.93 bits per heavy atom. The van der Waals surface area contributed by atoms with Crippen LogP contribution >= 0.6 is 15.9 Å². The van der Waals surface area contributed by atoms with E-state index < -0.39 is 0 Å². The van der Waals surface area contributed by atoms with Crippen molar-refractivity contribution < 1.29 is 0 Å². The summed E-state index contributed by atoms with van der Waals surface area (Å²) in [7, 11) is 0. The molecule has 0 atom stereocenters. The van der Waals surface area contributed by atoms with Crippen molar-refractivity contribution in [2.45, 2.75) is 19.8 Å². The van der Waals surface area contributed by atoms with Crippen LogP contribution in [0.5, 0.6) is 0 Å². The Balaban J connectivity index is 2.05. The summed E-state index contributed by atoms with van der Waals surface area (Å²) in [6, 6.07) is 10.7. The van der Waals surface area contributed by atoms with Gasteiger partial charge in [-0.25, -0.2) is 0 Å². The molecule has 1 saturated carbocycles. The van der Waals surface area contributed by atoms with Crippen LogP contribution < -0.4 is 4.90 Å². The summed E-state index contributed by atoms with van der Waals surface area (Å²) in [5, 5.41) is 1.14. The molecule has 1 aliphatic carbocycles. The van der Waals surface area contributed by atoms with E-state index in [1.807, 2.05) is 0 Å². The summed E-state index contributed by atoms with van der Waals surface area (Å²) in [5.41, 5.74) is 1.92. The molecule has 0 heterocycles. The summed E-state index contributed by atoms with van der Waals surface area (Å²) in [4.78, 5) is 2.48. The first-order valence-electron chi connectivity index (χ1n) is 5.66. The van der Waals surface area contributed by atoms with Crippen LogP contribution in [0.1, 0.15) is 19.8 Å². The lowest BCUT2D eigenvalue weighted by Gasteiger charge is -2.27. The van der Waals surface area contributed by atoms with Crippen molar-refractivity contribution in [3.8, 4) is 0 Å². The maximum absolute atomic E-state index is 3.64. The molecule has 0 N–H and O–H groups in total. The second-order valence-electron chi connectivity index (χ2n) is 4.48. The number of benzene rings is 1. The quantitative estimate of drug-likeness (QED) is 0.736. The Hall–Kier alpha value is -0.500. The van der Waals surface area contributed by atoms with Crippen molar-refractivity contribution >= 4 is 21.6 Å². The number of hydrogen-bond donors (Lipinski definition) is 0. The van der Waals surface area contributed by atoms with E-state index >= 15 is 0 Å². The lowest BCUT2D eigenvalue weighted by molar-refractivity contribution is 0.568. The van der Waals surface area contributed by atoms with Gasteiger partial charge in [-0.1, -0.05) is 34.1 Å². The van der Waals surface area contributed by atoms with Crippen LogP contribution in [0, 0.1) is 5.41 Å². The number of halogens is 1. The van der Waals surface area contributed by atoms with Crippen LogP contribution in [0.15, 0.2) is 30.3 Å². The molecule has 1 nitrogen and oxygen atoms in total. The lowest BCUT2D eigenvalue weighted by Crippen LogP contribution is -2.31. The van der Waals surface area contributed by atoms with Gasteiger partial charge < -0.3 is 4.90 Å². The first-order chi connectivity index (χ1) is 7.29. The number of anilines is 1. The highest BCUT2D eigenvalue weighted by atomic mass is 79.9. The molecule has 0 radical (unpaired) electrons. The Morgan fingerprint density at radius 1 is 1.27 bits per heavy atom. The number of hydrogen-bond acceptors (Lipinski definition) is 1. The molecule has 1 aliphatic rings. The van der Waals surface area contributed by atoms with Crippen LogP contribution in [0.4, 0.5) is 5.69 Å². The highest BCUT2D eigenvalue weighted by molar-refractivity contribution is 9.09. The zero-order chi connectivity index (χ0) is 10.7. The number of para-hydroxylation sites is 1. The molecule has 2 rings (SSSR count). The molecule has 0 bridgehead atoms. The lowest BCUT2D eigenvalue weighted by atomic mass is 10.1. The van der Waals surface area contributed by atoms with Crippen molar-refractivity contribution in [1.29, 1.82) is 0 Å². The van der Waals surface area contributed by atoms with Crippen molar-refractivity contribution in [2.75, 3.05) is 23.3 Å². The molecular formula is C13H18BrN. The largest absolute Gasteiger partial charge is 0.371 e. The zero-order valence-corrected chi connectivity index (χ0v) is 10.8. The summed E-state index contributed by atoms with van der Waals surface area (Å²) >= 11 is 3.64. The minimum Gasteiger partial charge on any atom is -0.371 e. The topological polar surface area (TPSA) is 3.24 Å². The third-order valence-electron chi connectivity index (χ3n) is 3.27. The van der Waals surface area contributed by atoms with E-state index in [-0.39, 0.29) is 0 Å². The molecule has 0 aliphatic heterocycles. The van der Waals surface area contributed by atoms with Crippen LogP contribution in [-0.4, -0.2) is 18.4 Å². The van der Waals surface area contributed by atoms with Gasteiger partial charge in [0, 0.05) is 24.1 Å². The zero-order valence-electron chi connectivity index (χ0n) is 9.25. The van der Waals surface area contributed by atoms with Crippen LogP contribution in [0.25, 0.3) is 0 Å². The van der Waals surface area contributed by atoms with Gasteiger partial charge in [-0.05, 0) is 37.3 Å². The SMILES string of the molecule is CCN(CC1(CBr)CC1)c1ccccc1. The monoisotopic (exact) mass is 267 g/mol. The van der Waals surface area contributed by atoms with Gasteiger partial charge >= 0.3 is 0 Å². The van der Waals surface area contributed by atoms with E-state index in [0.29, 0.717) is 5.41 Å². The summed E-state index contributed by atoms with van der Waals surface area (Å²) < 4.78 is 0.